The number of carbonyl (C=O) groups excluding carboxylic acids is 1. The van der Waals surface area contributed by atoms with Crippen LogP contribution in [-0.4, -0.2) is 22.0 Å². The average Bonchev–Trinajstić information content (AvgIpc) is 2.85. The van der Waals surface area contributed by atoms with Gasteiger partial charge >= 0.3 is 0 Å². The fourth-order valence-electron chi connectivity index (χ4n) is 1.62. The van der Waals surface area contributed by atoms with Gasteiger partial charge in [0.2, 0.25) is 0 Å². The molecule has 20 heavy (non-hydrogen) atoms. The Morgan fingerprint density at radius 3 is 3.00 bits per heavy atom. The molecule has 0 aliphatic rings. The van der Waals surface area contributed by atoms with E-state index in [0.29, 0.717) is 22.0 Å². The van der Waals surface area contributed by atoms with Crippen LogP contribution in [0.4, 0.5) is 5.69 Å². The molecule has 0 spiro atoms. The lowest BCUT2D eigenvalue weighted by molar-refractivity contribution is 0.101. The van der Waals surface area contributed by atoms with Gasteiger partial charge in [0, 0.05) is 18.3 Å². The molecule has 1 amide bonds. The molecule has 5 nitrogen and oxygen atoms in total. The quantitative estimate of drug-likeness (QED) is 0.825. The normalized spacial score (nSPS) is 9.75. The molecule has 6 heteroatoms. The number of amides is 1. The fraction of sp³-hybridized carbons (Fsp3) is 0.143. The number of aryl methyl sites for hydroxylation is 1. The van der Waals surface area contributed by atoms with Crippen LogP contribution >= 0.6 is 11.6 Å². The summed E-state index contributed by atoms with van der Waals surface area (Å²) in [7, 11) is 1.75. The van der Waals surface area contributed by atoms with Gasteiger partial charge in [-0.25, -0.2) is 4.98 Å². The maximum atomic E-state index is 12.0. The summed E-state index contributed by atoms with van der Waals surface area (Å²) < 4.78 is 1.64. The Kier molecular flexibility index (Phi) is 4.41. The maximum absolute atomic E-state index is 12.0. The highest BCUT2D eigenvalue weighted by Gasteiger charge is 2.10. The molecule has 0 saturated heterocycles. The van der Waals surface area contributed by atoms with Gasteiger partial charge in [-0.3, -0.25) is 4.79 Å². The van der Waals surface area contributed by atoms with E-state index in [4.69, 9.17) is 17.3 Å². The number of benzene rings is 1. The van der Waals surface area contributed by atoms with Crippen LogP contribution in [0.1, 0.15) is 16.1 Å². The van der Waals surface area contributed by atoms with Gasteiger partial charge in [-0.05, 0) is 18.2 Å². The number of halogens is 1. The molecule has 0 saturated carbocycles. The van der Waals surface area contributed by atoms with Crippen LogP contribution in [0.25, 0.3) is 0 Å². The molecule has 0 fully saturated rings. The number of anilines is 1. The van der Waals surface area contributed by atoms with Crippen LogP contribution < -0.4 is 11.1 Å². The van der Waals surface area contributed by atoms with E-state index >= 15 is 0 Å². The molecule has 0 bridgehead atoms. The smallest absolute Gasteiger partial charge is 0.273 e. The molecule has 3 N–H and O–H groups in total. The van der Waals surface area contributed by atoms with Crippen molar-refractivity contribution in [3.8, 4) is 11.8 Å². The van der Waals surface area contributed by atoms with Gasteiger partial charge in [-0.15, -0.1) is 0 Å². The Hall–Kier alpha value is -2.29. The molecule has 1 aromatic heterocycles. The molecule has 1 heterocycles. The first-order valence-electron chi connectivity index (χ1n) is 5.88. The topological polar surface area (TPSA) is 72.9 Å². The number of imidazole rings is 1. The molecular formula is C14H13ClN4O. The van der Waals surface area contributed by atoms with E-state index < -0.39 is 0 Å². The van der Waals surface area contributed by atoms with E-state index in [0.717, 1.165) is 0 Å². The molecule has 0 aliphatic carbocycles. The van der Waals surface area contributed by atoms with E-state index in [2.05, 4.69) is 22.1 Å². The van der Waals surface area contributed by atoms with Gasteiger partial charge in [-0.2, -0.15) is 0 Å². The minimum Gasteiger partial charge on any atom is -0.330 e. The minimum absolute atomic E-state index is 0.245. The van der Waals surface area contributed by atoms with Crippen molar-refractivity contribution >= 4 is 23.2 Å². The highest BCUT2D eigenvalue weighted by molar-refractivity contribution is 6.31. The van der Waals surface area contributed by atoms with Crippen LogP contribution in [0, 0.1) is 11.8 Å². The molecule has 1 aromatic carbocycles. The SMILES string of the molecule is Cn1cncc1C(=O)Nc1ccc(Cl)c(C#CCN)c1. The Morgan fingerprint density at radius 1 is 1.55 bits per heavy atom. The third kappa shape index (κ3) is 3.18. The highest BCUT2D eigenvalue weighted by atomic mass is 35.5. The van der Waals surface area contributed by atoms with Crippen molar-refractivity contribution in [3.05, 3.63) is 47.0 Å². The zero-order valence-corrected chi connectivity index (χ0v) is 11.6. The van der Waals surface area contributed by atoms with Gasteiger partial charge in [0.1, 0.15) is 5.69 Å². The number of aromatic nitrogens is 2. The predicted molar refractivity (Wildman–Crippen MR) is 78.5 cm³/mol. The number of nitrogens with zero attached hydrogens (tertiary/aromatic N) is 2. The van der Waals surface area contributed by atoms with Gasteiger partial charge in [-0.1, -0.05) is 23.4 Å². The number of hydrogen-bond donors (Lipinski definition) is 2. The van der Waals surface area contributed by atoms with E-state index in [1.54, 1.807) is 36.1 Å². The maximum Gasteiger partial charge on any atom is 0.273 e. The monoisotopic (exact) mass is 288 g/mol. The lowest BCUT2D eigenvalue weighted by atomic mass is 10.2. The Balaban J connectivity index is 2.22. The molecule has 2 aromatic rings. The highest BCUT2D eigenvalue weighted by Crippen LogP contribution is 2.20. The van der Waals surface area contributed by atoms with E-state index in [-0.39, 0.29) is 12.5 Å². The second kappa shape index (κ2) is 6.24. The Morgan fingerprint density at radius 2 is 2.35 bits per heavy atom. The van der Waals surface area contributed by atoms with Crippen molar-refractivity contribution in [3.63, 3.8) is 0 Å². The second-order valence-electron chi connectivity index (χ2n) is 4.04. The van der Waals surface area contributed by atoms with E-state index in [9.17, 15) is 4.79 Å². The van der Waals surface area contributed by atoms with Gasteiger partial charge < -0.3 is 15.6 Å². The number of nitrogens with two attached hydrogens (primary N) is 1. The fourth-order valence-corrected chi connectivity index (χ4v) is 1.78. The number of carbonyl (C=O) groups is 1. The van der Waals surface area contributed by atoms with Crippen LogP contribution in [0.2, 0.25) is 5.02 Å². The Labute approximate surface area is 121 Å². The number of nitrogens with one attached hydrogen (secondary N) is 1. The van der Waals surface area contributed by atoms with Gasteiger partial charge in [0.25, 0.3) is 5.91 Å². The summed E-state index contributed by atoms with van der Waals surface area (Å²) in [4.78, 5) is 15.9. The summed E-state index contributed by atoms with van der Waals surface area (Å²) in [6.07, 6.45) is 3.06. The number of hydrogen-bond acceptors (Lipinski definition) is 3. The minimum atomic E-state index is -0.245. The summed E-state index contributed by atoms with van der Waals surface area (Å²) >= 11 is 6.02. The summed E-state index contributed by atoms with van der Waals surface area (Å²) in [6.45, 7) is 0.252. The molecular weight excluding hydrogens is 276 g/mol. The van der Waals surface area contributed by atoms with Crippen molar-refractivity contribution in [2.45, 2.75) is 0 Å². The number of rotatable bonds is 2. The Bertz CT molecular complexity index is 697. The van der Waals surface area contributed by atoms with Crippen molar-refractivity contribution in [2.24, 2.45) is 12.8 Å². The van der Waals surface area contributed by atoms with E-state index in [1.807, 2.05) is 0 Å². The second-order valence-corrected chi connectivity index (χ2v) is 4.45. The van der Waals surface area contributed by atoms with Crippen LogP contribution in [0.3, 0.4) is 0 Å². The standard InChI is InChI=1S/C14H13ClN4O/c1-19-9-17-8-13(19)14(20)18-11-4-5-12(15)10(7-11)3-2-6-16/h4-5,7-9H,6,16H2,1H3,(H,18,20). The van der Waals surface area contributed by atoms with Crippen molar-refractivity contribution in [2.75, 3.05) is 11.9 Å². The van der Waals surface area contributed by atoms with E-state index in [1.165, 1.54) is 6.20 Å². The summed E-state index contributed by atoms with van der Waals surface area (Å²) in [5, 5.41) is 3.29. The van der Waals surface area contributed by atoms with Crippen molar-refractivity contribution < 1.29 is 4.79 Å². The summed E-state index contributed by atoms with van der Waals surface area (Å²) in [5.74, 6) is 5.34. The first kappa shape index (κ1) is 14.1. The molecule has 0 radical (unpaired) electrons. The van der Waals surface area contributed by atoms with Gasteiger partial charge in [0.15, 0.2) is 0 Å². The summed E-state index contributed by atoms with van der Waals surface area (Å²) in [6, 6.07) is 5.10. The third-order valence-corrected chi connectivity index (χ3v) is 2.93. The van der Waals surface area contributed by atoms with Crippen LogP contribution in [-0.2, 0) is 7.05 Å². The third-order valence-electron chi connectivity index (χ3n) is 2.60. The van der Waals surface area contributed by atoms with Gasteiger partial charge in [0.05, 0.1) is 24.1 Å². The first-order valence-corrected chi connectivity index (χ1v) is 6.25. The lowest BCUT2D eigenvalue weighted by Crippen LogP contribution is -2.15. The van der Waals surface area contributed by atoms with Crippen LogP contribution in [0.5, 0.6) is 0 Å². The average molecular weight is 289 g/mol. The molecule has 102 valence electrons. The molecule has 0 atom stereocenters. The summed E-state index contributed by atoms with van der Waals surface area (Å²) in [5.41, 5.74) is 7.03. The molecule has 0 aliphatic heterocycles. The predicted octanol–water partition coefficient (Wildman–Crippen LogP) is 1.64. The zero-order chi connectivity index (χ0) is 14.5. The molecule has 0 unspecified atom stereocenters. The van der Waals surface area contributed by atoms with Crippen molar-refractivity contribution in [1.29, 1.82) is 0 Å². The largest absolute Gasteiger partial charge is 0.330 e. The lowest BCUT2D eigenvalue weighted by Gasteiger charge is -2.06. The zero-order valence-electron chi connectivity index (χ0n) is 10.9. The first-order chi connectivity index (χ1) is 9.61. The van der Waals surface area contributed by atoms with Crippen molar-refractivity contribution in [1.82, 2.24) is 9.55 Å². The molecule has 2 rings (SSSR count). The van der Waals surface area contributed by atoms with Crippen LogP contribution in [0.15, 0.2) is 30.7 Å².